The van der Waals surface area contributed by atoms with E-state index < -0.39 is 0 Å². The molecule has 0 saturated heterocycles. The lowest BCUT2D eigenvalue weighted by Gasteiger charge is -2.07. The third kappa shape index (κ3) is 2.22. The van der Waals surface area contributed by atoms with Gasteiger partial charge in [-0.2, -0.15) is 0 Å². The molecule has 2 N–H and O–H groups in total. The number of rotatable bonds is 3. The summed E-state index contributed by atoms with van der Waals surface area (Å²) in [5, 5.41) is 0. The SMILES string of the molecule is NCc1ccc(Oc2ccc3c(n2)CCC3)cc1. The molecule has 0 saturated carbocycles. The Morgan fingerprint density at radius 2 is 1.89 bits per heavy atom. The van der Waals surface area contributed by atoms with Gasteiger partial charge in [-0.05, 0) is 42.5 Å². The Morgan fingerprint density at radius 3 is 2.67 bits per heavy atom. The van der Waals surface area contributed by atoms with Gasteiger partial charge in [0, 0.05) is 18.3 Å². The van der Waals surface area contributed by atoms with Crippen LogP contribution in [-0.2, 0) is 19.4 Å². The molecule has 0 unspecified atom stereocenters. The van der Waals surface area contributed by atoms with Crippen molar-refractivity contribution in [1.82, 2.24) is 4.98 Å². The number of pyridine rings is 1. The quantitative estimate of drug-likeness (QED) is 0.897. The van der Waals surface area contributed by atoms with Crippen LogP contribution >= 0.6 is 0 Å². The van der Waals surface area contributed by atoms with Crippen LogP contribution in [0, 0.1) is 0 Å². The van der Waals surface area contributed by atoms with Crippen molar-refractivity contribution in [2.75, 3.05) is 0 Å². The van der Waals surface area contributed by atoms with Crippen LogP contribution in [0.1, 0.15) is 23.2 Å². The second-order valence-corrected chi connectivity index (χ2v) is 4.56. The normalized spacial score (nSPS) is 13.4. The van der Waals surface area contributed by atoms with E-state index in [2.05, 4.69) is 11.1 Å². The summed E-state index contributed by atoms with van der Waals surface area (Å²) >= 11 is 0. The Kier molecular flexibility index (Phi) is 2.99. The minimum atomic E-state index is 0.553. The van der Waals surface area contributed by atoms with E-state index in [0.29, 0.717) is 12.4 Å². The molecular formula is C15H16N2O. The summed E-state index contributed by atoms with van der Waals surface area (Å²) in [5.74, 6) is 1.48. The predicted octanol–water partition coefficient (Wildman–Crippen LogP) is 2.82. The second kappa shape index (κ2) is 4.78. The molecule has 1 aliphatic rings. The summed E-state index contributed by atoms with van der Waals surface area (Å²) < 4.78 is 5.75. The van der Waals surface area contributed by atoms with Gasteiger partial charge in [0.1, 0.15) is 5.75 Å². The first-order valence-corrected chi connectivity index (χ1v) is 6.31. The number of nitrogens with zero attached hydrogens (tertiary/aromatic N) is 1. The Balaban J connectivity index is 1.79. The summed E-state index contributed by atoms with van der Waals surface area (Å²) in [4.78, 5) is 4.54. The Hall–Kier alpha value is -1.87. The highest BCUT2D eigenvalue weighted by Gasteiger charge is 2.13. The summed E-state index contributed by atoms with van der Waals surface area (Å²) in [6.07, 6.45) is 3.42. The Bertz CT molecular complexity index is 549. The highest BCUT2D eigenvalue weighted by Crippen LogP contribution is 2.25. The molecule has 1 aliphatic carbocycles. The van der Waals surface area contributed by atoms with Crippen molar-refractivity contribution in [2.45, 2.75) is 25.8 Å². The zero-order valence-corrected chi connectivity index (χ0v) is 10.2. The molecule has 1 aromatic heterocycles. The molecule has 0 spiro atoms. The third-order valence-electron chi connectivity index (χ3n) is 3.28. The topological polar surface area (TPSA) is 48.1 Å². The van der Waals surface area contributed by atoms with E-state index in [1.54, 1.807) is 0 Å². The van der Waals surface area contributed by atoms with Gasteiger partial charge in [0.2, 0.25) is 5.88 Å². The van der Waals surface area contributed by atoms with Crippen molar-refractivity contribution in [1.29, 1.82) is 0 Å². The molecule has 3 rings (SSSR count). The zero-order chi connectivity index (χ0) is 12.4. The number of hydrogen-bond acceptors (Lipinski definition) is 3. The molecule has 0 bridgehead atoms. The number of ether oxygens (including phenoxy) is 1. The van der Waals surface area contributed by atoms with Gasteiger partial charge in [-0.15, -0.1) is 0 Å². The van der Waals surface area contributed by atoms with Crippen LogP contribution in [0.25, 0.3) is 0 Å². The number of fused-ring (bicyclic) bond motifs is 1. The molecule has 3 heteroatoms. The van der Waals surface area contributed by atoms with Crippen molar-refractivity contribution < 1.29 is 4.74 Å². The monoisotopic (exact) mass is 240 g/mol. The van der Waals surface area contributed by atoms with Crippen molar-refractivity contribution in [2.24, 2.45) is 5.73 Å². The molecule has 0 aliphatic heterocycles. The molecule has 3 nitrogen and oxygen atoms in total. The summed E-state index contributed by atoms with van der Waals surface area (Å²) in [6.45, 7) is 0.553. The number of benzene rings is 1. The highest BCUT2D eigenvalue weighted by molar-refractivity contribution is 5.33. The standard InChI is InChI=1S/C15H16N2O/c16-10-11-4-7-13(8-5-11)18-15-9-6-12-2-1-3-14(12)17-15/h4-9H,1-3,10,16H2. The zero-order valence-electron chi connectivity index (χ0n) is 10.2. The number of aryl methyl sites for hydroxylation is 2. The molecule has 18 heavy (non-hydrogen) atoms. The first-order valence-electron chi connectivity index (χ1n) is 6.31. The van der Waals surface area contributed by atoms with Crippen LogP contribution in [0.3, 0.4) is 0 Å². The van der Waals surface area contributed by atoms with E-state index in [1.807, 2.05) is 30.3 Å². The molecule has 0 amide bonds. The molecular weight excluding hydrogens is 224 g/mol. The van der Waals surface area contributed by atoms with Crippen molar-refractivity contribution >= 4 is 0 Å². The fraction of sp³-hybridized carbons (Fsp3) is 0.267. The van der Waals surface area contributed by atoms with Gasteiger partial charge >= 0.3 is 0 Å². The average Bonchev–Trinajstić information content (AvgIpc) is 2.87. The van der Waals surface area contributed by atoms with Crippen LogP contribution in [0.4, 0.5) is 0 Å². The average molecular weight is 240 g/mol. The van der Waals surface area contributed by atoms with Gasteiger partial charge in [-0.1, -0.05) is 18.2 Å². The van der Waals surface area contributed by atoms with Crippen LogP contribution < -0.4 is 10.5 Å². The maximum atomic E-state index is 5.75. The molecule has 0 fully saturated rings. The van der Waals surface area contributed by atoms with E-state index in [1.165, 1.54) is 17.7 Å². The predicted molar refractivity (Wildman–Crippen MR) is 70.7 cm³/mol. The van der Waals surface area contributed by atoms with Gasteiger partial charge < -0.3 is 10.5 Å². The van der Waals surface area contributed by atoms with E-state index in [0.717, 1.165) is 24.2 Å². The minimum Gasteiger partial charge on any atom is -0.439 e. The number of aromatic nitrogens is 1. The van der Waals surface area contributed by atoms with Gasteiger partial charge in [-0.3, -0.25) is 0 Å². The largest absolute Gasteiger partial charge is 0.439 e. The van der Waals surface area contributed by atoms with Crippen LogP contribution in [-0.4, -0.2) is 4.98 Å². The van der Waals surface area contributed by atoms with E-state index in [9.17, 15) is 0 Å². The van der Waals surface area contributed by atoms with Crippen LogP contribution in [0.2, 0.25) is 0 Å². The molecule has 0 atom stereocenters. The molecule has 0 radical (unpaired) electrons. The lowest BCUT2D eigenvalue weighted by molar-refractivity contribution is 0.461. The van der Waals surface area contributed by atoms with Crippen LogP contribution in [0.15, 0.2) is 36.4 Å². The third-order valence-corrected chi connectivity index (χ3v) is 3.28. The maximum absolute atomic E-state index is 5.75. The number of hydrogen-bond donors (Lipinski definition) is 1. The molecule has 1 heterocycles. The summed E-state index contributed by atoms with van der Waals surface area (Å²) in [5.41, 5.74) is 9.21. The first kappa shape index (κ1) is 11.2. The van der Waals surface area contributed by atoms with E-state index in [-0.39, 0.29) is 0 Å². The maximum Gasteiger partial charge on any atom is 0.219 e. The highest BCUT2D eigenvalue weighted by atomic mass is 16.5. The van der Waals surface area contributed by atoms with Gasteiger partial charge in [0.05, 0.1) is 0 Å². The Labute approximate surface area is 107 Å². The summed E-state index contributed by atoms with van der Waals surface area (Å²) in [7, 11) is 0. The lowest BCUT2D eigenvalue weighted by Crippen LogP contribution is -1.96. The fourth-order valence-corrected chi connectivity index (χ4v) is 2.27. The minimum absolute atomic E-state index is 0.553. The van der Waals surface area contributed by atoms with Crippen molar-refractivity contribution in [3.63, 3.8) is 0 Å². The van der Waals surface area contributed by atoms with Gasteiger partial charge in [-0.25, -0.2) is 4.98 Å². The second-order valence-electron chi connectivity index (χ2n) is 4.56. The summed E-state index contributed by atoms with van der Waals surface area (Å²) in [6, 6.07) is 11.9. The molecule has 92 valence electrons. The van der Waals surface area contributed by atoms with Crippen molar-refractivity contribution in [3.8, 4) is 11.6 Å². The fourth-order valence-electron chi connectivity index (χ4n) is 2.27. The van der Waals surface area contributed by atoms with E-state index in [4.69, 9.17) is 10.5 Å². The van der Waals surface area contributed by atoms with Crippen molar-refractivity contribution in [3.05, 3.63) is 53.2 Å². The van der Waals surface area contributed by atoms with Crippen LogP contribution in [0.5, 0.6) is 11.6 Å². The number of nitrogens with two attached hydrogens (primary N) is 1. The first-order chi connectivity index (χ1) is 8.85. The van der Waals surface area contributed by atoms with Gasteiger partial charge in [0.15, 0.2) is 0 Å². The lowest BCUT2D eigenvalue weighted by atomic mass is 10.2. The Morgan fingerprint density at radius 1 is 1.06 bits per heavy atom. The van der Waals surface area contributed by atoms with Gasteiger partial charge in [0.25, 0.3) is 0 Å². The molecule has 2 aromatic rings. The smallest absolute Gasteiger partial charge is 0.219 e. The van der Waals surface area contributed by atoms with E-state index >= 15 is 0 Å². The molecule has 1 aromatic carbocycles.